The Morgan fingerprint density at radius 3 is 2.72 bits per heavy atom. The third-order valence-electron chi connectivity index (χ3n) is 4.26. The molecule has 0 aliphatic rings. The lowest BCUT2D eigenvalue weighted by molar-refractivity contribution is 0.867. The number of aromatic amines is 1. The number of rotatable bonds is 4. The molecule has 0 saturated carbocycles. The van der Waals surface area contributed by atoms with Crippen molar-refractivity contribution in [3.05, 3.63) is 66.9 Å². The second-order valence-electron chi connectivity index (χ2n) is 6.30. The van der Waals surface area contributed by atoms with E-state index in [0.717, 1.165) is 33.7 Å². The van der Waals surface area contributed by atoms with E-state index in [1.165, 1.54) is 5.56 Å². The molecule has 0 aliphatic heterocycles. The molecule has 2 N–H and O–H groups in total. The molecule has 0 radical (unpaired) electrons. The Balaban J connectivity index is 1.84. The number of nitrogens with zero attached hydrogens (tertiary/aromatic N) is 3. The topological polar surface area (TPSA) is 66.5 Å². The summed E-state index contributed by atoms with van der Waals surface area (Å²) < 4.78 is 0. The molecule has 0 spiro atoms. The Kier molecular flexibility index (Phi) is 3.90. The molecule has 5 nitrogen and oxygen atoms in total. The summed E-state index contributed by atoms with van der Waals surface area (Å²) in [5.74, 6) is 0.482. The van der Waals surface area contributed by atoms with Crippen molar-refractivity contribution in [2.75, 3.05) is 5.32 Å². The molecule has 3 heterocycles. The van der Waals surface area contributed by atoms with Crippen molar-refractivity contribution in [1.82, 2.24) is 19.9 Å². The van der Waals surface area contributed by atoms with E-state index in [0.29, 0.717) is 5.92 Å². The summed E-state index contributed by atoms with van der Waals surface area (Å²) in [5, 5.41) is 4.65. The number of hydrogen-bond donors (Lipinski definition) is 2. The minimum absolute atomic E-state index is 0.482. The average molecular weight is 329 g/mol. The monoisotopic (exact) mass is 329 g/mol. The summed E-state index contributed by atoms with van der Waals surface area (Å²) >= 11 is 0. The number of nitrogens with one attached hydrogen (secondary N) is 2. The molecule has 0 fully saturated rings. The quantitative estimate of drug-likeness (QED) is 0.559. The Hall–Kier alpha value is -3.21. The van der Waals surface area contributed by atoms with Gasteiger partial charge in [-0.25, -0.2) is 9.97 Å². The van der Waals surface area contributed by atoms with E-state index < -0.39 is 0 Å². The summed E-state index contributed by atoms with van der Waals surface area (Å²) in [6.45, 7) is 4.39. The van der Waals surface area contributed by atoms with Crippen LogP contribution in [-0.4, -0.2) is 19.9 Å². The molecule has 0 saturated heterocycles. The molecule has 0 atom stereocenters. The van der Waals surface area contributed by atoms with Gasteiger partial charge in [0.25, 0.3) is 0 Å². The summed E-state index contributed by atoms with van der Waals surface area (Å²) in [4.78, 5) is 16.0. The third kappa shape index (κ3) is 2.96. The molecule has 124 valence electrons. The highest BCUT2D eigenvalue weighted by molar-refractivity contribution is 6.01. The van der Waals surface area contributed by atoms with Crippen LogP contribution in [-0.2, 0) is 0 Å². The molecule has 0 amide bonds. The Morgan fingerprint density at radius 2 is 1.92 bits per heavy atom. The van der Waals surface area contributed by atoms with E-state index in [4.69, 9.17) is 0 Å². The van der Waals surface area contributed by atoms with Crippen molar-refractivity contribution < 1.29 is 0 Å². The fraction of sp³-hybridized carbons (Fsp3) is 0.150. The van der Waals surface area contributed by atoms with Crippen LogP contribution in [0.15, 0.2) is 61.3 Å². The molecule has 3 aromatic heterocycles. The number of H-pyrrole nitrogens is 1. The number of hydrogen-bond acceptors (Lipinski definition) is 4. The van der Waals surface area contributed by atoms with Crippen LogP contribution in [0.2, 0.25) is 0 Å². The van der Waals surface area contributed by atoms with Crippen LogP contribution in [0, 0.1) is 0 Å². The van der Waals surface area contributed by atoms with Crippen molar-refractivity contribution in [3.8, 4) is 11.4 Å². The van der Waals surface area contributed by atoms with Gasteiger partial charge in [-0.3, -0.25) is 4.98 Å². The standard InChI is InChI=1S/C20H19N5/c1-13(2)14-4-3-5-15(10-14)24-19-16-6-8-21-11-18(16)25-20(19)17-7-9-22-12-23-17/h3-13,24-25H,1-2H3. The molecule has 1 aromatic carbocycles. The zero-order valence-corrected chi connectivity index (χ0v) is 14.2. The molecule has 0 aliphatic carbocycles. The highest BCUT2D eigenvalue weighted by Crippen LogP contribution is 2.36. The maximum absolute atomic E-state index is 4.39. The first-order valence-corrected chi connectivity index (χ1v) is 8.31. The summed E-state index contributed by atoms with van der Waals surface area (Å²) in [7, 11) is 0. The smallest absolute Gasteiger partial charge is 0.116 e. The first kappa shape index (κ1) is 15.3. The molecule has 0 bridgehead atoms. The van der Waals surface area contributed by atoms with E-state index in [2.05, 4.69) is 63.4 Å². The van der Waals surface area contributed by atoms with Gasteiger partial charge in [0.05, 0.1) is 28.8 Å². The lowest BCUT2D eigenvalue weighted by atomic mass is 10.0. The number of pyridine rings is 1. The molecular weight excluding hydrogens is 310 g/mol. The van der Waals surface area contributed by atoms with Crippen molar-refractivity contribution >= 4 is 22.3 Å². The van der Waals surface area contributed by atoms with Gasteiger partial charge in [-0.05, 0) is 35.7 Å². The zero-order chi connectivity index (χ0) is 17.2. The van der Waals surface area contributed by atoms with E-state index in [1.54, 1.807) is 18.7 Å². The molecule has 25 heavy (non-hydrogen) atoms. The Labute approximate surface area is 146 Å². The number of fused-ring (bicyclic) bond motifs is 1. The number of benzene rings is 1. The fourth-order valence-electron chi connectivity index (χ4n) is 2.92. The highest BCUT2D eigenvalue weighted by Gasteiger charge is 2.14. The van der Waals surface area contributed by atoms with Gasteiger partial charge < -0.3 is 10.3 Å². The zero-order valence-electron chi connectivity index (χ0n) is 14.2. The number of anilines is 2. The van der Waals surface area contributed by atoms with Crippen molar-refractivity contribution in [3.63, 3.8) is 0 Å². The van der Waals surface area contributed by atoms with Crippen LogP contribution in [0.5, 0.6) is 0 Å². The van der Waals surface area contributed by atoms with Gasteiger partial charge in [0, 0.05) is 23.5 Å². The van der Waals surface area contributed by atoms with Gasteiger partial charge in [-0.1, -0.05) is 26.0 Å². The minimum atomic E-state index is 0.482. The van der Waals surface area contributed by atoms with Crippen LogP contribution in [0.4, 0.5) is 11.4 Å². The molecule has 4 aromatic rings. The van der Waals surface area contributed by atoms with Gasteiger partial charge in [0.15, 0.2) is 0 Å². The summed E-state index contributed by atoms with van der Waals surface area (Å²) in [6.07, 6.45) is 6.93. The van der Waals surface area contributed by atoms with E-state index in [1.807, 2.05) is 18.3 Å². The normalized spacial score (nSPS) is 11.2. The van der Waals surface area contributed by atoms with E-state index >= 15 is 0 Å². The second kappa shape index (κ2) is 6.36. The van der Waals surface area contributed by atoms with Crippen molar-refractivity contribution in [1.29, 1.82) is 0 Å². The third-order valence-corrected chi connectivity index (χ3v) is 4.26. The van der Waals surface area contributed by atoms with E-state index in [-0.39, 0.29) is 0 Å². The van der Waals surface area contributed by atoms with Gasteiger partial charge in [0.1, 0.15) is 6.33 Å². The fourth-order valence-corrected chi connectivity index (χ4v) is 2.92. The molecule has 4 rings (SSSR count). The molecule has 0 unspecified atom stereocenters. The Bertz CT molecular complexity index is 1000. The average Bonchev–Trinajstić information content (AvgIpc) is 3.01. The molecular formula is C20H19N5. The van der Waals surface area contributed by atoms with Crippen LogP contribution in [0.3, 0.4) is 0 Å². The first-order chi connectivity index (χ1) is 12.2. The summed E-state index contributed by atoms with van der Waals surface area (Å²) in [5.41, 5.74) is 6.10. The summed E-state index contributed by atoms with van der Waals surface area (Å²) in [6, 6.07) is 12.4. The van der Waals surface area contributed by atoms with Crippen LogP contribution < -0.4 is 5.32 Å². The van der Waals surface area contributed by atoms with Gasteiger partial charge >= 0.3 is 0 Å². The van der Waals surface area contributed by atoms with Gasteiger partial charge in [0.2, 0.25) is 0 Å². The Morgan fingerprint density at radius 1 is 1.04 bits per heavy atom. The number of aromatic nitrogens is 4. The molecule has 5 heteroatoms. The van der Waals surface area contributed by atoms with Crippen LogP contribution in [0.1, 0.15) is 25.3 Å². The SMILES string of the molecule is CC(C)c1cccc(Nc2c(-c3ccncn3)[nH]c3cnccc23)c1. The van der Waals surface area contributed by atoms with E-state index in [9.17, 15) is 0 Å². The van der Waals surface area contributed by atoms with Gasteiger partial charge in [-0.15, -0.1) is 0 Å². The lowest BCUT2D eigenvalue weighted by Gasteiger charge is -2.11. The largest absolute Gasteiger partial charge is 0.353 e. The maximum atomic E-state index is 4.39. The second-order valence-corrected chi connectivity index (χ2v) is 6.30. The first-order valence-electron chi connectivity index (χ1n) is 8.31. The minimum Gasteiger partial charge on any atom is -0.353 e. The maximum Gasteiger partial charge on any atom is 0.116 e. The highest BCUT2D eigenvalue weighted by atomic mass is 15.0. The van der Waals surface area contributed by atoms with Crippen molar-refractivity contribution in [2.24, 2.45) is 0 Å². The van der Waals surface area contributed by atoms with Crippen molar-refractivity contribution in [2.45, 2.75) is 19.8 Å². The van der Waals surface area contributed by atoms with Crippen LogP contribution >= 0.6 is 0 Å². The lowest BCUT2D eigenvalue weighted by Crippen LogP contribution is -1.95. The predicted molar refractivity (Wildman–Crippen MR) is 101 cm³/mol. The predicted octanol–water partition coefficient (Wildman–Crippen LogP) is 4.89. The van der Waals surface area contributed by atoms with Gasteiger partial charge in [-0.2, -0.15) is 0 Å². The van der Waals surface area contributed by atoms with Crippen LogP contribution in [0.25, 0.3) is 22.3 Å².